The van der Waals surface area contributed by atoms with Crippen molar-refractivity contribution < 1.29 is 28.9 Å². The third-order valence-electron chi connectivity index (χ3n) is 2.20. The Morgan fingerprint density at radius 2 is 2.07 bits per heavy atom. The number of carbonyl (C=O) groups excluding carboxylic acids is 2. The van der Waals surface area contributed by atoms with E-state index in [1.807, 2.05) is 0 Å². The lowest BCUT2D eigenvalue weighted by atomic mass is 9.94. The Kier molecular flexibility index (Phi) is 3.65. The first-order valence-electron chi connectivity index (χ1n) is 4.51. The minimum atomic E-state index is -1.84. The van der Waals surface area contributed by atoms with Crippen LogP contribution in [0, 0.1) is 0 Å². The fourth-order valence-electron chi connectivity index (χ4n) is 1.29. The van der Waals surface area contributed by atoms with Crippen molar-refractivity contribution in [2.75, 3.05) is 20.8 Å². The van der Waals surface area contributed by atoms with Gasteiger partial charge in [0.05, 0.1) is 33.4 Å². The van der Waals surface area contributed by atoms with E-state index in [-0.39, 0.29) is 12.5 Å². The smallest absolute Gasteiger partial charge is 0.338 e. The van der Waals surface area contributed by atoms with E-state index in [0.29, 0.717) is 6.61 Å². The predicted molar refractivity (Wildman–Crippen MR) is 48.0 cm³/mol. The van der Waals surface area contributed by atoms with Crippen LogP contribution in [0.3, 0.4) is 0 Å². The predicted octanol–water partition coefficient (Wildman–Crippen LogP) is -0.758. The van der Waals surface area contributed by atoms with Gasteiger partial charge in [-0.15, -0.1) is 0 Å². The molecule has 0 radical (unpaired) electrons. The monoisotopic (exact) mass is 218 g/mol. The number of ether oxygens (including phenoxy) is 3. The van der Waals surface area contributed by atoms with Crippen molar-refractivity contribution in [1.29, 1.82) is 0 Å². The lowest BCUT2D eigenvalue weighted by Crippen LogP contribution is -2.43. The van der Waals surface area contributed by atoms with Crippen molar-refractivity contribution in [2.24, 2.45) is 0 Å². The molecule has 0 aromatic rings. The molecule has 2 unspecified atom stereocenters. The number of esters is 2. The zero-order chi connectivity index (χ0) is 11.5. The van der Waals surface area contributed by atoms with Crippen LogP contribution in [-0.2, 0) is 23.8 Å². The second-order valence-electron chi connectivity index (χ2n) is 3.44. The minimum Gasteiger partial charge on any atom is -0.469 e. The van der Waals surface area contributed by atoms with Crippen LogP contribution in [-0.4, -0.2) is 49.6 Å². The number of hydrogen-bond acceptors (Lipinski definition) is 6. The third kappa shape index (κ3) is 3.17. The molecule has 0 aliphatic carbocycles. The van der Waals surface area contributed by atoms with Gasteiger partial charge in [-0.3, -0.25) is 4.79 Å². The van der Waals surface area contributed by atoms with Crippen LogP contribution >= 0.6 is 0 Å². The number of aliphatic hydroxyl groups is 1. The Hall–Kier alpha value is -1.14. The van der Waals surface area contributed by atoms with Gasteiger partial charge in [0.2, 0.25) is 0 Å². The van der Waals surface area contributed by atoms with Crippen molar-refractivity contribution in [3.8, 4) is 0 Å². The average Bonchev–Trinajstić information content (AvgIpc) is 2.99. The molecule has 6 nitrogen and oxygen atoms in total. The molecule has 1 saturated heterocycles. The van der Waals surface area contributed by atoms with Crippen LogP contribution in [0.1, 0.15) is 12.8 Å². The first-order valence-corrected chi connectivity index (χ1v) is 4.51. The molecule has 1 aliphatic heterocycles. The fraction of sp³-hybridized carbons (Fsp3) is 0.778. The molecule has 1 N–H and O–H groups in total. The van der Waals surface area contributed by atoms with Crippen LogP contribution in [0.15, 0.2) is 0 Å². The Morgan fingerprint density at radius 3 is 2.47 bits per heavy atom. The summed E-state index contributed by atoms with van der Waals surface area (Å²) < 4.78 is 13.7. The molecule has 15 heavy (non-hydrogen) atoms. The zero-order valence-electron chi connectivity index (χ0n) is 8.69. The second-order valence-corrected chi connectivity index (χ2v) is 3.44. The summed E-state index contributed by atoms with van der Waals surface area (Å²) in [5.41, 5.74) is -1.84. The van der Waals surface area contributed by atoms with Crippen LogP contribution in [0.5, 0.6) is 0 Å². The van der Waals surface area contributed by atoms with E-state index in [4.69, 9.17) is 4.74 Å². The maximum Gasteiger partial charge on any atom is 0.338 e. The van der Waals surface area contributed by atoms with E-state index in [2.05, 4.69) is 9.47 Å². The summed E-state index contributed by atoms with van der Waals surface area (Å²) >= 11 is 0. The van der Waals surface area contributed by atoms with Gasteiger partial charge in [-0.25, -0.2) is 4.79 Å². The number of epoxide rings is 1. The summed E-state index contributed by atoms with van der Waals surface area (Å²) in [4.78, 5) is 22.3. The molecule has 0 bridgehead atoms. The van der Waals surface area contributed by atoms with Crippen molar-refractivity contribution in [2.45, 2.75) is 24.5 Å². The van der Waals surface area contributed by atoms with Crippen LogP contribution in [0.2, 0.25) is 0 Å². The first-order chi connectivity index (χ1) is 7.01. The maximum absolute atomic E-state index is 11.3. The van der Waals surface area contributed by atoms with Gasteiger partial charge in [-0.05, 0) is 0 Å². The van der Waals surface area contributed by atoms with Gasteiger partial charge in [0, 0.05) is 6.42 Å². The van der Waals surface area contributed by atoms with Crippen molar-refractivity contribution in [3.05, 3.63) is 0 Å². The minimum absolute atomic E-state index is 0.0504. The molecule has 0 amide bonds. The lowest BCUT2D eigenvalue weighted by molar-refractivity contribution is -0.170. The molecular weight excluding hydrogens is 204 g/mol. The molecular formula is C9H14O6. The standard InChI is InChI=1S/C9H14O6/c1-13-7(10)4-9(12,8(11)14-2)3-6-5-15-6/h6,12H,3-5H2,1-2H3. The maximum atomic E-state index is 11.3. The SMILES string of the molecule is COC(=O)CC(O)(CC1CO1)C(=O)OC. The molecule has 1 heterocycles. The topological polar surface area (TPSA) is 85.4 Å². The second kappa shape index (κ2) is 4.59. The van der Waals surface area contributed by atoms with E-state index < -0.39 is 24.0 Å². The van der Waals surface area contributed by atoms with Crippen LogP contribution in [0.4, 0.5) is 0 Å². The fourth-order valence-corrected chi connectivity index (χ4v) is 1.29. The van der Waals surface area contributed by atoms with Crippen LogP contribution < -0.4 is 0 Å². The average molecular weight is 218 g/mol. The summed E-state index contributed by atoms with van der Waals surface area (Å²) in [7, 11) is 2.34. The third-order valence-corrected chi connectivity index (χ3v) is 2.20. The summed E-state index contributed by atoms with van der Waals surface area (Å²) in [5.74, 6) is -1.51. The number of rotatable bonds is 5. The van der Waals surface area contributed by atoms with E-state index in [1.54, 1.807) is 0 Å². The van der Waals surface area contributed by atoms with Crippen LogP contribution in [0.25, 0.3) is 0 Å². The Morgan fingerprint density at radius 1 is 1.47 bits per heavy atom. The first kappa shape index (κ1) is 11.9. The van der Waals surface area contributed by atoms with Gasteiger partial charge < -0.3 is 19.3 Å². The van der Waals surface area contributed by atoms with E-state index in [9.17, 15) is 14.7 Å². The molecule has 86 valence electrons. The van der Waals surface area contributed by atoms with Gasteiger partial charge in [-0.1, -0.05) is 0 Å². The van der Waals surface area contributed by atoms with E-state index in [1.165, 1.54) is 7.11 Å². The molecule has 0 saturated carbocycles. The lowest BCUT2D eigenvalue weighted by Gasteiger charge is -2.22. The highest BCUT2D eigenvalue weighted by atomic mass is 16.6. The van der Waals surface area contributed by atoms with Crippen molar-refractivity contribution >= 4 is 11.9 Å². The zero-order valence-corrected chi connectivity index (χ0v) is 8.69. The summed E-state index contributed by atoms with van der Waals surface area (Å²) in [5, 5.41) is 9.94. The summed E-state index contributed by atoms with van der Waals surface area (Å²) in [6.07, 6.45) is -0.552. The Bertz CT molecular complexity index is 259. The number of methoxy groups -OCH3 is 2. The van der Waals surface area contributed by atoms with Gasteiger partial charge in [0.1, 0.15) is 0 Å². The molecule has 6 heteroatoms. The van der Waals surface area contributed by atoms with Crippen molar-refractivity contribution in [3.63, 3.8) is 0 Å². The Balaban J connectivity index is 2.64. The quantitative estimate of drug-likeness (QED) is 0.482. The van der Waals surface area contributed by atoms with Gasteiger partial charge in [0.15, 0.2) is 5.60 Å². The molecule has 0 aromatic carbocycles. The summed E-state index contributed by atoms with van der Waals surface area (Å²) in [6, 6.07) is 0. The Labute approximate surface area is 87.1 Å². The molecule has 0 aromatic heterocycles. The van der Waals surface area contributed by atoms with Gasteiger partial charge in [0.25, 0.3) is 0 Å². The highest BCUT2D eigenvalue weighted by Crippen LogP contribution is 2.27. The van der Waals surface area contributed by atoms with E-state index >= 15 is 0 Å². The molecule has 0 spiro atoms. The van der Waals surface area contributed by atoms with Crippen molar-refractivity contribution in [1.82, 2.24) is 0 Å². The molecule has 2 atom stereocenters. The molecule has 1 aliphatic rings. The highest BCUT2D eigenvalue weighted by molar-refractivity contribution is 5.85. The number of hydrogen-bond donors (Lipinski definition) is 1. The highest BCUT2D eigenvalue weighted by Gasteiger charge is 2.45. The van der Waals surface area contributed by atoms with E-state index in [0.717, 1.165) is 7.11 Å². The molecule has 1 rings (SSSR count). The van der Waals surface area contributed by atoms with Gasteiger partial charge in [-0.2, -0.15) is 0 Å². The largest absolute Gasteiger partial charge is 0.469 e. The normalized spacial score (nSPS) is 22.7. The van der Waals surface area contributed by atoms with Gasteiger partial charge >= 0.3 is 11.9 Å². The summed E-state index contributed by atoms with van der Waals surface area (Å²) in [6.45, 7) is 0.487. The number of carbonyl (C=O) groups is 2. The molecule has 1 fully saturated rings.